The SMILES string of the molecule is COc1ccc(C)cc1NC(=O)C(C)N(C)CC(=O)Nc1ccc(Br)cn1. The zero-order valence-corrected chi connectivity index (χ0v) is 17.3. The molecule has 0 spiro atoms. The lowest BCUT2D eigenvalue weighted by molar-refractivity contribution is -0.122. The molecule has 1 heterocycles. The minimum absolute atomic E-state index is 0.0529. The van der Waals surface area contributed by atoms with Crippen molar-refractivity contribution in [1.29, 1.82) is 0 Å². The smallest absolute Gasteiger partial charge is 0.241 e. The summed E-state index contributed by atoms with van der Waals surface area (Å²) in [6.07, 6.45) is 1.60. The number of halogens is 1. The molecular formula is C19H23BrN4O3. The van der Waals surface area contributed by atoms with Crippen molar-refractivity contribution in [2.45, 2.75) is 19.9 Å². The third-order valence-corrected chi connectivity index (χ3v) is 4.51. The van der Waals surface area contributed by atoms with Gasteiger partial charge in [-0.1, -0.05) is 6.07 Å². The zero-order valence-electron chi connectivity index (χ0n) is 15.7. The van der Waals surface area contributed by atoms with Crippen molar-refractivity contribution in [3.63, 3.8) is 0 Å². The van der Waals surface area contributed by atoms with Crippen LogP contribution in [0, 0.1) is 6.92 Å². The molecule has 0 aliphatic rings. The molecule has 8 heteroatoms. The Hall–Kier alpha value is -2.45. The monoisotopic (exact) mass is 434 g/mol. The standard InChI is InChI=1S/C19H23BrN4O3/c1-12-5-7-16(27-4)15(9-12)22-19(26)13(2)24(3)11-18(25)23-17-8-6-14(20)10-21-17/h5-10,13H,11H2,1-4H3,(H,22,26)(H,21,23,25). The Morgan fingerprint density at radius 3 is 2.63 bits per heavy atom. The summed E-state index contributed by atoms with van der Waals surface area (Å²) in [4.78, 5) is 30.5. The van der Waals surface area contributed by atoms with Crippen LogP contribution in [0.2, 0.25) is 0 Å². The number of nitrogens with one attached hydrogen (secondary N) is 2. The number of aryl methyl sites for hydroxylation is 1. The van der Waals surface area contributed by atoms with Crippen LogP contribution in [-0.2, 0) is 9.59 Å². The van der Waals surface area contributed by atoms with Crippen molar-refractivity contribution in [1.82, 2.24) is 9.88 Å². The highest BCUT2D eigenvalue weighted by Crippen LogP contribution is 2.25. The summed E-state index contributed by atoms with van der Waals surface area (Å²) in [5.74, 6) is 0.567. The maximum Gasteiger partial charge on any atom is 0.241 e. The first-order valence-corrected chi connectivity index (χ1v) is 9.16. The number of anilines is 2. The predicted molar refractivity (Wildman–Crippen MR) is 109 cm³/mol. The number of carbonyl (C=O) groups is 2. The number of pyridine rings is 1. The zero-order chi connectivity index (χ0) is 20.0. The van der Waals surface area contributed by atoms with Crippen LogP contribution in [0.15, 0.2) is 41.0 Å². The van der Waals surface area contributed by atoms with Gasteiger partial charge in [0.05, 0.1) is 25.4 Å². The Kier molecular flexibility index (Phi) is 7.32. The van der Waals surface area contributed by atoms with Crippen molar-refractivity contribution in [2.75, 3.05) is 31.3 Å². The third-order valence-electron chi connectivity index (χ3n) is 4.04. The second-order valence-corrected chi connectivity index (χ2v) is 7.11. The van der Waals surface area contributed by atoms with Gasteiger partial charge in [0.15, 0.2) is 0 Å². The fraction of sp³-hybridized carbons (Fsp3) is 0.316. The highest BCUT2D eigenvalue weighted by molar-refractivity contribution is 9.10. The number of nitrogens with zero attached hydrogens (tertiary/aromatic N) is 2. The molecule has 1 unspecified atom stereocenters. The van der Waals surface area contributed by atoms with E-state index in [4.69, 9.17) is 4.74 Å². The minimum atomic E-state index is -0.515. The molecule has 0 aliphatic heterocycles. The maximum atomic E-state index is 12.6. The normalized spacial score (nSPS) is 11.8. The Morgan fingerprint density at radius 2 is 2.00 bits per heavy atom. The summed E-state index contributed by atoms with van der Waals surface area (Å²) < 4.78 is 6.11. The lowest BCUT2D eigenvalue weighted by Gasteiger charge is -2.23. The average Bonchev–Trinajstić information content (AvgIpc) is 2.63. The van der Waals surface area contributed by atoms with Crippen LogP contribution in [0.1, 0.15) is 12.5 Å². The van der Waals surface area contributed by atoms with Gasteiger partial charge in [0.2, 0.25) is 11.8 Å². The summed E-state index contributed by atoms with van der Waals surface area (Å²) in [6, 6.07) is 8.52. The molecule has 2 amide bonds. The van der Waals surface area contributed by atoms with Crippen molar-refractivity contribution < 1.29 is 14.3 Å². The molecule has 1 aromatic carbocycles. The molecule has 1 atom stereocenters. The molecule has 0 radical (unpaired) electrons. The van der Waals surface area contributed by atoms with Gasteiger partial charge < -0.3 is 15.4 Å². The number of carbonyl (C=O) groups excluding carboxylic acids is 2. The van der Waals surface area contributed by atoms with Gasteiger partial charge in [-0.2, -0.15) is 0 Å². The summed E-state index contributed by atoms with van der Waals surface area (Å²) in [6.45, 7) is 3.73. The minimum Gasteiger partial charge on any atom is -0.495 e. The van der Waals surface area contributed by atoms with E-state index < -0.39 is 6.04 Å². The molecule has 2 N–H and O–H groups in total. The largest absolute Gasteiger partial charge is 0.495 e. The third kappa shape index (κ3) is 6.04. The van der Waals surface area contributed by atoms with E-state index in [1.807, 2.05) is 19.1 Å². The molecule has 144 valence electrons. The van der Waals surface area contributed by atoms with Crippen molar-refractivity contribution in [3.8, 4) is 5.75 Å². The first kappa shape index (κ1) is 20.9. The molecule has 7 nitrogen and oxygen atoms in total. The van der Waals surface area contributed by atoms with E-state index in [9.17, 15) is 9.59 Å². The van der Waals surface area contributed by atoms with Crippen molar-refractivity contribution in [3.05, 3.63) is 46.6 Å². The van der Waals surface area contributed by atoms with Gasteiger partial charge in [-0.3, -0.25) is 14.5 Å². The lowest BCUT2D eigenvalue weighted by atomic mass is 10.2. The van der Waals surface area contributed by atoms with Gasteiger partial charge >= 0.3 is 0 Å². The number of rotatable bonds is 7. The fourth-order valence-corrected chi connectivity index (χ4v) is 2.59. The van der Waals surface area contributed by atoms with Crippen LogP contribution in [0.3, 0.4) is 0 Å². The number of ether oxygens (including phenoxy) is 1. The molecule has 0 saturated carbocycles. The molecule has 0 saturated heterocycles. The molecule has 27 heavy (non-hydrogen) atoms. The Balaban J connectivity index is 1.94. The lowest BCUT2D eigenvalue weighted by Crippen LogP contribution is -2.43. The topological polar surface area (TPSA) is 83.6 Å². The number of aromatic nitrogens is 1. The molecular weight excluding hydrogens is 412 g/mol. The molecule has 0 fully saturated rings. The number of methoxy groups -OCH3 is 1. The molecule has 0 aliphatic carbocycles. The second kappa shape index (κ2) is 9.48. The van der Waals surface area contributed by atoms with Crippen LogP contribution in [0.25, 0.3) is 0 Å². The van der Waals surface area contributed by atoms with E-state index >= 15 is 0 Å². The van der Waals surface area contributed by atoms with Crippen LogP contribution in [0.5, 0.6) is 5.75 Å². The second-order valence-electron chi connectivity index (χ2n) is 6.19. The predicted octanol–water partition coefficient (Wildman–Crippen LogP) is 3.06. The van der Waals surface area contributed by atoms with Gasteiger partial charge in [-0.25, -0.2) is 4.98 Å². The van der Waals surface area contributed by atoms with Gasteiger partial charge in [-0.05, 0) is 66.7 Å². The summed E-state index contributed by atoms with van der Waals surface area (Å²) in [5, 5.41) is 5.56. The van der Waals surface area contributed by atoms with Crippen LogP contribution in [0.4, 0.5) is 11.5 Å². The van der Waals surface area contributed by atoms with E-state index in [0.717, 1.165) is 10.0 Å². The Bertz CT molecular complexity index is 811. The number of benzene rings is 1. The van der Waals surface area contributed by atoms with E-state index in [1.165, 1.54) is 0 Å². The molecule has 0 bridgehead atoms. The average molecular weight is 435 g/mol. The van der Waals surface area contributed by atoms with E-state index in [2.05, 4.69) is 31.5 Å². The molecule has 2 rings (SSSR count). The van der Waals surface area contributed by atoms with Gasteiger partial charge in [0, 0.05) is 10.7 Å². The van der Waals surface area contributed by atoms with E-state index in [0.29, 0.717) is 17.3 Å². The van der Waals surface area contributed by atoms with Gasteiger partial charge in [-0.15, -0.1) is 0 Å². The highest BCUT2D eigenvalue weighted by atomic mass is 79.9. The quantitative estimate of drug-likeness (QED) is 0.699. The van der Waals surface area contributed by atoms with E-state index in [-0.39, 0.29) is 18.4 Å². The molecule has 2 aromatic rings. The maximum absolute atomic E-state index is 12.6. The van der Waals surface area contributed by atoms with Crippen molar-refractivity contribution in [2.24, 2.45) is 0 Å². The van der Waals surface area contributed by atoms with Crippen LogP contribution < -0.4 is 15.4 Å². The van der Waals surface area contributed by atoms with Gasteiger partial charge in [0.1, 0.15) is 11.6 Å². The van der Waals surface area contributed by atoms with E-state index in [1.54, 1.807) is 50.4 Å². The van der Waals surface area contributed by atoms with Crippen molar-refractivity contribution >= 4 is 39.2 Å². The first-order chi connectivity index (χ1) is 12.8. The van der Waals surface area contributed by atoms with Crippen LogP contribution in [-0.4, -0.2) is 48.4 Å². The number of likely N-dealkylation sites (N-methyl/N-ethyl adjacent to an activating group) is 1. The fourth-order valence-electron chi connectivity index (χ4n) is 2.35. The number of hydrogen-bond donors (Lipinski definition) is 2. The van der Waals surface area contributed by atoms with Gasteiger partial charge in [0.25, 0.3) is 0 Å². The van der Waals surface area contributed by atoms with Crippen LogP contribution >= 0.6 is 15.9 Å². The summed E-state index contributed by atoms with van der Waals surface area (Å²) >= 11 is 3.29. The first-order valence-electron chi connectivity index (χ1n) is 8.37. The summed E-state index contributed by atoms with van der Waals surface area (Å²) in [5.41, 5.74) is 1.61. The number of amides is 2. The Labute approximate surface area is 167 Å². The highest BCUT2D eigenvalue weighted by Gasteiger charge is 2.21. The summed E-state index contributed by atoms with van der Waals surface area (Å²) in [7, 11) is 3.27. The number of hydrogen-bond acceptors (Lipinski definition) is 5. The Morgan fingerprint density at radius 1 is 1.26 bits per heavy atom. The molecule has 1 aromatic heterocycles.